The number of piperazine rings is 1. The van der Waals surface area contributed by atoms with Crippen molar-refractivity contribution in [2.24, 2.45) is 0 Å². The summed E-state index contributed by atoms with van der Waals surface area (Å²) in [5.41, 5.74) is 2.62. The minimum atomic E-state index is 1.13. The van der Waals surface area contributed by atoms with Gasteiger partial charge in [-0.2, -0.15) is 0 Å². The highest BCUT2D eigenvalue weighted by Crippen LogP contribution is 2.24. The smallest absolute Gasteiger partial charge is 0.0465 e. The SMILES string of the molecule is Brc1c[nH]c2ccc(CCN3CCNCC3)cc12. The summed E-state index contributed by atoms with van der Waals surface area (Å²) < 4.78 is 1.15. The molecule has 96 valence electrons. The molecule has 18 heavy (non-hydrogen) atoms. The summed E-state index contributed by atoms with van der Waals surface area (Å²) in [6, 6.07) is 6.69. The third kappa shape index (κ3) is 2.60. The van der Waals surface area contributed by atoms with Gasteiger partial charge in [0.2, 0.25) is 0 Å². The highest BCUT2D eigenvalue weighted by molar-refractivity contribution is 9.10. The number of rotatable bonds is 3. The Hall–Kier alpha value is -0.840. The molecule has 0 amide bonds. The van der Waals surface area contributed by atoms with Gasteiger partial charge in [-0.1, -0.05) is 6.07 Å². The van der Waals surface area contributed by atoms with Crippen molar-refractivity contribution in [3.63, 3.8) is 0 Å². The van der Waals surface area contributed by atoms with E-state index < -0.39 is 0 Å². The van der Waals surface area contributed by atoms with E-state index in [9.17, 15) is 0 Å². The van der Waals surface area contributed by atoms with Crippen LogP contribution in [0, 0.1) is 0 Å². The fourth-order valence-corrected chi connectivity index (χ4v) is 2.95. The van der Waals surface area contributed by atoms with Crippen molar-refractivity contribution in [2.45, 2.75) is 6.42 Å². The van der Waals surface area contributed by atoms with E-state index in [1.165, 1.54) is 29.6 Å². The van der Waals surface area contributed by atoms with Gasteiger partial charge in [-0.3, -0.25) is 0 Å². The molecule has 1 aromatic carbocycles. The Labute approximate surface area is 116 Å². The van der Waals surface area contributed by atoms with Crippen LogP contribution in [0.15, 0.2) is 28.9 Å². The van der Waals surface area contributed by atoms with Gasteiger partial charge >= 0.3 is 0 Å². The van der Waals surface area contributed by atoms with Gasteiger partial charge in [0.05, 0.1) is 0 Å². The first kappa shape index (κ1) is 12.2. The van der Waals surface area contributed by atoms with Crippen molar-refractivity contribution in [1.82, 2.24) is 15.2 Å². The predicted octanol–water partition coefficient (Wildman–Crippen LogP) is 2.38. The van der Waals surface area contributed by atoms with Crippen LogP contribution < -0.4 is 5.32 Å². The van der Waals surface area contributed by atoms with E-state index >= 15 is 0 Å². The van der Waals surface area contributed by atoms with E-state index in [1.807, 2.05) is 6.20 Å². The molecule has 2 aromatic rings. The molecule has 0 spiro atoms. The zero-order valence-corrected chi connectivity index (χ0v) is 12.0. The summed E-state index contributed by atoms with van der Waals surface area (Å²) in [5, 5.41) is 4.67. The largest absolute Gasteiger partial charge is 0.360 e. The second-order valence-corrected chi connectivity index (χ2v) is 5.71. The molecule has 1 aliphatic heterocycles. The van der Waals surface area contributed by atoms with E-state index in [2.05, 4.69) is 49.3 Å². The molecule has 2 heterocycles. The van der Waals surface area contributed by atoms with Crippen LogP contribution in [-0.2, 0) is 6.42 Å². The molecular weight excluding hydrogens is 290 g/mol. The number of halogens is 1. The van der Waals surface area contributed by atoms with Crippen LogP contribution in [-0.4, -0.2) is 42.6 Å². The predicted molar refractivity (Wildman–Crippen MR) is 79.0 cm³/mol. The Bertz CT molecular complexity index is 529. The quantitative estimate of drug-likeness (QED) is 0.912. The van der Waals surface area contributed by atoms with Crippen molar-refractivity contribution in [2.75, 3.05) is 32.7 Å². The number of aromatic amines is 1. The van der Waals surface area contributed by atoms with Gasteiger partial charge < -0.3 is 15.2 Å². The van der Waals surface area contributed by atoms with E-state index in [0.29, 0.717) is 0 Å². The van der Waals surface area contributed by atoms with Gasteiger partial charge in [-0.05, 0) is 40.0 Å². The molecule has 3 rings (SSSR count). The molecule has 1 saturated heterocycles. The van der Waals surface area contributed by atoms with Gasteiger partial charge in [0.25, 0.3) is 0 Å². The molecule has 0 atom stereocenters. The average Bonchev–Trinajstić information content (AvgIpc) is 2.79. The number of aromatic nitrogens is 1. The van der Waals surface area contributed by atoms with Crippen LogP contribution in [0.25, 0.3) is 10.9 Å². The van der Waals surface area contributed by atoms with Gasteiger partial charge in [0.1, 0.15) is 0 Å². The number of H-pyrrole nitrogens is 1. The molecule has 0 aliphatic carbocycles. The third-order valence-corrected chi connectivity index (χ3v) is 4.28. The number of benzene rings is 1. The lowest BCUT2D eigenvalue weighted by Crippen LogP contribution is -2.44. The normalized spacial score (nSPS) is 17.4. The van der Waals surface area contributed by atoms with Gasteiger partial charge in [-0.25, -0.2) is 0 Å². The first-order chi connectivity index (χ1) is 8.83. The highest BCUT2D eigenvalue weighted by atomic mass is 79.9. The van der Waals surface area contributed by atoms with E-state index in [-0.39, 0.29) is 0 Å². The summed E-state index contributed by atoms with van der Waals surface area (Å²) in [5.74, 6) is 0. The first-order valence-electron chi connectivity index (χ1n) is 6.51. The van der Waals surface area contributed by atoms with Crippen LogP contribution in [0.4, 0.5) is 0 Å². The van der Waals surface area contributed by atoms with Crippen molar-refractivity contribution < 1.29 is 0 Å². The number of nitrogens with one attached hydrogen (secondary N) is 2. The fraction of sp³-hybridized carbons (Fsp3) is 0.429. The van der Waals surface area contributed by atoms with Crippen molar-refractivity contribution in [3.8, 4) is 0 Å². The molecule has 0 saturated carbocycles. The Morgan fingerprint density at radius 1 is 1.22 bits per heavy atom. The van der Waals surface area contributed by atoms with Crippen molar-refractivity contribution in [3.05, 3.63) is 34.4 Å². The molecule has 3 nitrogen and oxygen atoms in total. The minimum absolute atomic E-state index is 1.13. The standard InChI is InChI=1S/C14H18BrN3/c15-13-10-17-14-2-1-11(9-12(13)14)3-6-18-7-4-16-5-8-18/h1-2,9-10,16-17H,3-8H2. The molecule has 1 aromatic heterocycles. The second kappa shape index (κ2) is 5.43. The van der Waals surface area contributed by atoms with E-state index in [0.717, 1.165) is 30.5 Å². The molecule has 1 aliphatic rings. The lowest BCUT2D eigenvalue weighted by molar-refractivity contribution is 0.244. The van der Waals surface area contributed by atoms with Crippen LogP contribution in [0.5, 0.6) is 0 Å². The molecule has 0 radical (unpaired) electrons. The topological polar surface area (TPSA) is 31.1 Å². The summed E-state index contributed by atoms with van der Waals surface area (Å²) in [6.45, 7) is 5.77. The highest BCUT2D eigenvalue weighted by Gasteiger charge is 2.09. The Morgan fingerprint density at radius 2 is 2.06 bits per heavy atom. The Kier molecular flexibility index (Phi) is 3.68. The maximum atomic E-state index is 3.58. The third-order valence-electron chi connectivity index (χ3n) is 3.62. The molecule has 4 heteroatoms. The van der Waals surface area contributed by atoms with Crippen LogP contribution in [0.1, 0.15) is 5.56 Å². The average molecular weight is 308 g/mol. The van der Waals surface area contributed by atoms with Gasteiger partial charge in [-0.15, -0.1) is 0 Å². The fourth-order valence-electron chi connectivity index (χ4n) is 2.51. The number of hydrogen-bond acceptors (Lipinski definition) is 2. The maximum absolute atomic E-state index is 3.58. The molecule has 0 bridgehead atoms. The van der Waals surface area contributed by atoms with Crippen molar-refractivity contribution >= 4 is 26.8 Å². The maximum Gasteiger partial charge on any atom is 0.0465 e. The summed E-state index contributed by atoms with van der Waals surface area (Å²) in [6.07, 6.45) is 3.14. The molecular formula is C14H18BrN3. The lowest BCUT2D eigenvalue weighted by atomic mass is 10.1. The van der Waals surface area contributed by atoms with Crippen LogP contribution >= 0.6 is 15.9 Å². The number of nitrogens with zero attached hydrogens (tertiary/aromatic N) is 1. The number of fused-ring (bicyclic) bond motifs is 1. The van der Waals surface area contributed by atoms with Crippen LogP contribution in [0.2, 0.25) is 0 Å². The van der Waals surface area contributed by atoms with Crippen molar-refractivity contribution in [1.29, 1.82) is 0 Å². The van der Waals surface area contributed by atoms with Crippen LogP contribution in [0.3, 0.4) is 0 Å². The minimum Gasteiger partial charge on any atom is -0.360 e. The summed E-state index contributed by atoms with van der Waals surface area (Å²) >= 11 is 3.58. The zero-order chi connectivity index (χ0) is 12.4. The molecule has 1 fully saturated rings. The monoisotopic (exact) mass is 307 g/mol. The lowest BCUT2D eigenvalue weighted by Gasteiger charge is -2.27. The van der Waals surface area contributed by atoms with E-state index in [4.69, 9.17) is 0 Å². The second-order valence-electron chi connectivity index (χ2n) is 4.86. The molecule has 0 unspecified atom stereocenters. The number of hydrogen-bond donors (Lipinski definition) is 2. The molecule has 2 N–H and O–H groups in total. The van der Waals surface area contributed by atoms with Gasteiger partial charge in [0, 0.05) is 54.3 Å². The Balaban J connectivity index is 1.68. The Morgan fingerprint density at radius 3 is 2.89 bits per heavy atom. The van der Waals surface area contributed by atoms with Gasteiger partial charge in [0.15, 0.2) is 0 Å². The van der Waals surface area contributed by atoms with E-state index in [1.54, 1.807) is 0 Å². The zero-order valence-electron chi connectivity index (χ0n) is 10.4. The summed E-state index contributed by atoms with van der Waals surface area (Å²) in [4.78, 5) is 5.79. The summed E-state index contributed by atoms with van der Waals surface area (Å²) in [7, 11) is 0. The first-order valence-corrected chi connectivity index (χ1v) is 7.31.